The summed E-state index contributed by atoms with van der Waals surface area (Å²) < 4.78 is 46.9. The Balaban J connectivity index is 1.53. The Morgan fingerprint density at radius 3 is 2.45 bits per heavy atom. The first-order valence-electron chi connectivity index (χ1n) is 9.03. The van der Waals surface area contributed by atoms with Gasteiger partial charge in [0.1, 0.15) is 17.3 Å². The van der Waals surface area contributed by atoms with E-state index >= 15 is 0 Å². The molecule has 2 heterocycles. The van der Waals surface area contributed by atoms with Crippen LogP contribution in [-0.2, 0) is 13.1 Å². The van der Waals surface area contributed by atoms with Crippen LogP contribution < -0.4 is 9.47 Å². The number of hydrogen-bond donors (Lipinski definition) is 0. The Morgan fingerprint density at radius 1 is 1.07 bits per heavy atom. The summed E-state index contributed by atoms with van der Waals surface area (Å²) in [5.41, 5.74) is 2.67. The van der Waals surface area contributed by atoms with E-state index in [-0.39, 0.29) is 12.0 Å². The molecule has 0 saturated heterocycles. The molecule has 1 aliphatic heterocycles. The van der Waals surface area contributed by atoms with Crippen LogP contribution in [0, 0.1) is 0 Å². The van der Waals surface area contributed by atoms with Gasteiger partial charge in [0, 0.05) is 24.5 Å². The maximum absolute atomic E-state index is 12.3. The third kappa shape index (κ3) is 4.65. The molecule has 2 aromatic carbocycles. The first kappa shape index (κ1) is 19.2. The lowest BCUT2D eigenvalue weighted by atomic mass is 10.0. The monoisotopic (exact) mass is 401 g/mol. The van der Waals surface area contributed by atoms with E-state index in [9.17, 15) is 13.2 Å². The Bertz CT molecular complexity index is 979. The minimum Gasteiger partial charge on any atom is -0.475 e. The largest absolute Gasteiger partial charge is 0.573 e. The fraction of sp³-hybridized carbons (Fsp3) is 0.238. The van der Waals surface area contributed by atoms with Gasteiger partial charge in [0.2, 0.25) is 0 Å². The zero-order valence-electron chi connectivity index (χ0n) is 15.6. The molecule has 1 aliphatic rings. The lowest BCUT2D eigenvalue weighted by Gasteiger charge is -2.34. The molecule has 0 bridgehead atoms. The van der Waals surface area contributed by atoms with Crippen molar-refractivity contribution in [3.8, 4) is 22.6 Å². The maximum atomic E-state index is 12.3. The van der Waals surface area contributed by atoms with Crippen LogP contribution in [-0.4, -0.2) is 27.5 Å². The normalized spacial score (nSPS) is 16.8. The summed E-state index contributed by atoms with van der Waals surface area (Å²) in [6.07, 6.45) is -1.42. The number of aromatic nitrogens is 2. The van der Waals surface area contributed by atoms with Crippen LogP contribution in [0.2, 0.25) is 0 Å². The highest BCUT2D eigenvalue weighted by molar-refractivity contribution is 5.66. The van der Waals surface area contributed by atoms with Gasteiger partial charge in [-0.3, -0.25) is 4.90 Å². The second-order valence-corrected chi connectivity index (χ2v) is 6.68. The molecule has 0 radical (unpaired) electrons. The zero-order chi connectivity index (χ0) is 20.4. The van der Waals surface area contributed by atoms with Crippen molar-refractivity contribution in [1.82, 2.24) is 14.9 Å². The van der Waals surface area contributed by atoms with Crippen molar-refractivity contribution in [2.75, 3.05) is 0 Å². The number of ether oxygens (including phenoxy) is 2. The number of rotatable bonds is 4. The summed E-state index contributed by atoms with van der Waals surface area (Å²) in [7, 11) is 0. The minimum atomic E-state index is -4.70. The Labute approximate surface area is 165 Å². The second-order valence-electron chi connectivity index (χ2n) is 6.68. The Kier molecular flexibility index (Phi) is 5.10. The van der Waals surface area contributed by atoms with E-state index in [0.717, 1.165) is 22.4 Å². The van der Waals surface area contributed by atoms with Crippen molar-refractivity contribution in [2.24, 2.45) is 0 Å². The summed E-state index contributed by atoms with van der Waals surface area (Å²) in [4.78, 5) is 10.6. The van der Waals surface area contributed by atoms with Crippen LogP contribution >= 0.6 is 0 Å². The number of alkyl halides is 3. The lowest BCUT2D eigenvalue weighted by molar-refractivity contribution is -0.274. The third-order valence-electron chi connectivity index (χ3n) is 4.63. The van der Waals surface area contributed by atoms with Crippen LogP contribution in [0.5, 0.6) is 11.5 Å². The van der Waals surface area contributed by atoms with Gasteiger partial charge in [-0.15, -0.1) is 13.2 Å². The van der Waals surface area contributed by atoms with Crippen LogP contribution in [0.1, 0.15) is 18.3 Å². The first-order chi connectivity index (χ1) is 13.9. The second kappa shape index (κ2) is 7.71. The van der Waals surface area contributed by atoms with Gasteiger partial charge >= 0.3 is 6.36 Å². The van der Waals surface area contributed by atoms with Crippen molar-refractivity contribution < 1.29 is 22.6 Å². The fourth-order valence-corrected chi connectivity index (χ4v) is 3.23. The molecule has 0 spiro atoms. The van der Waals surface area contributed by atoms with Crippen LogP contribution in [0.3, 0.4) is 0 Å². The van der Waals surface area contributed by atoms with Crippen molar-refractivity contribution in [2.45, 2.75) is 32.6 Å². The van der Waals surface area contributed by atoms with Gasteiger partial charge in [-0.05, 0) is 48.4 Å². The molecule has 3 aromatic rings. The standard InChI is InChI=1S/C21H18F3N3O2/c1-14-27(13-20-25-9-2-10-26-20)12-17-11-16(5-8-19(17)28-14)15-3-6-18(7-4-15)29-21(22,23)24/h2-11,14H,12-13H2,1H3. The van der Waals surface area contributed by atoms with Crippen molar-refractivity contribution in [3.63, 3.8) is 0 Å². The lowest BCUT2D eigenvalue weighted by Crippen LogP contribution is -2.40. The number of halogens is 3. The van der Waals surface area contributed by atoms with Crippen molar-refractivity contribution in [1.29, 1.82) is 0 Å². The zero-order valence-corrected chi connectivity index (χ0v) is 15.6. The molecule has 1 atom stereocenters. The number of benzene rings is 2. The van der Waals surface area contributed by atoms with E-state index in [1.165, 1.54) is 12.1 Å². The highest BCUT2D eigenvalue weighted by Gasteiger charge is 2.31. The summed E-state index contributed by atoms with van der Waals surface area (Å²) in [6.45, 7) is 3.17. The van der Waals surface area contributed by atoms with Crippen molar-refractivity contribution >= 4 is 0 Å². The molecule has 4 rings (SSSR count). The molecule has 150 valence electrons. The molecule has 1 unspecified atom stereocenters. The van der Waals surface area contributed by atoms with Crippen LogP contribution in [0.15, 0.2) is 60.9 Å². The van der Waals surface area contributed by atoms with Gasteiger partial charge in [-0.1, -0.05) is 18.2 Å². The molecule has 8 heteroatoms. The van der Waals surface area contributed by atoms with Gasteiger partial charge in [0.15, 0.2) is 6.23 Å². The highest BCUT2D eigenvalue weighted by atomic mass is 19.4. The SMILES string of the molecule is CC1Oc2ccc(-c3ccc(OC(F)(F)F)cc3)cc2CN1Cc1ncccn1. The Morgan fingerprint density at radius 2 is 1.76 bits per heavy atom. The van der Waals surface area contributed by atoms with E-state index in [1.54, 1.807) is 30.6 Å². The molecule has 0 fully saturated rings. The molecule has 0 saturated carbocycles. The van der Waals surface area contributed by atoms with E-state index in [1.807, 2.05) is 25.1 Å². The van der Waals surface area contributed by atoms with E-state index < -0.39 is 6.36 Å². The Hall–Kier alpha value is -3.13. The van der Waals surface area contributed by atoms with Gasteiger partial charge in [-0.2, -0.15) is 0 Å². The summed E-state index contributed by atoms with van der Waals surface area (Å²) in [6, 6.07) is 13.3. The van der Waals surface area contributed by atoms with E-state index in [2.05, 4.69) is 19.6 Å². The minimum absolute atomic E-state index is 0.129. The first-order valence-corrected chi connectivity index (χ1v) is 9.03. The summed E-state index contributed by atoms with van der Waals surface area (Å²) in [5.74, 6) is 1.26. The van der Waals surface area contributed by atoms with Gasteiger partial charge in [0.25, 0.3) is 0 Å². The average molecular weight is 401 g/mol. The topological polar surface area (TPSA) is 47.5 Å². The maximum Gasteiger partial charge on any atom is 0.573 e. The molecular formula is C21H18F3N3O2. The van der Waals surface area contributed by atoms with Gasteiger partial charge < -0.3 is 9.47 Å². The number of nitrogens with zero attached hydrogens (tertiary/aromatic N) is 3. The summed E-state index contributed by atoms with van der Waals surface area (Å²) in [5, 5.41) is 0. The van der Waals surface area contributed by atoms with Gasteiger partial charge in [0.05, 0.1) is 6.54 Å². The van der Waals surface area contributed by atoms with Gasteiger partial charge in [-0.25, -0.2) is 9.97 Å². The van der Waals surface area contributed by atoms with E-state index in [4.69, 9.17) is 4.74 Å². The van der Waals surface area contributed by atoms with Crippen LogP contribution in [0.25, 0.3) is 11.1 Å². The number of hydrogen-bond acceptors (Lipinski definition) is 5. The average Bonchev–Trinajstić information content (AvgIpc) is 2.68. The molecule has 29 heavy (non-hydrogen) atoms. The molecule has 0 aliphatic carbocycles. The highest BCUT2D eigenvalue weighted by Crippen LogP contribution is 2.33. The fourth-order valence-electron chi connectivity index (χ4n) is 3.23. The molecular weight excluding hydrogens is 383 g/mol. The molecule has 0 N–H and O–H groups in total. The van der Waals surface area contributed by atoms with E-state index in [0.29, 0.717) is 18.9 Å². The molecule has 1 aromatic heterocycles. The predicted molar refractivity (Wildman–Crippen MR) is 99.9 cm³/mol. The summed E-state index contributed by atoms with van der Waals surface area (Å²) >= 11 is 0. The van der Waals surface area contributed by atoms with Crippen LogP contribution in [0.4, 0.5) is 13.2 Å². The third-order valence-corrected chi connectivity index (χ3v) is 4.63. The smallest absolute Gasteiger partial charge is 0.475 e. The number of fused-ring (bicyclic) bond motifs is 1. The molecule has 5 nitrogen and oxygen atoms in total. The quantitative estimate of drug-likeness (QED) is 0.630. The predicted octanol–water partition coefficient (Wildman–Crippen LogP) is 4.78. The molecule has 0 amide bonds. The van der Waals surface area contributed by atoms with Crippen molar-refractivity contribution in [3.05, 3.63) is 72.3 Å².